The zero-order valence-corrected chi connectivity index (χ0v) is 7.38. The Morgan fingerprint density at radius 1 is 1.50 bits per heavy atom. The summed E-state index contributed by atoms with van der Waals surface area (Å²) in [6.07, 6.45) is 0. The van der Waals surface area contributed by atoms with Crippen LogP contribution in [0.15, 0.2) is 12.1 Å². The summed E-state index contributed by atoms with van der Waals surface area (Å²) in [6.45, 7) is 1.25. The Balaban J connectivity index is 3.44. The highest BCUT2D eigenvalue weighted by molar-refractivity contribution is 5.42. The molecule has 1 unspecified atom stereocenters. The molecule has 0 saturated heterocycles. The van der Waals surface area contributed by atoms with Crippen LogP contribution in [0, 0.1) is 23.0 Å². The maximum absolute atomic E-state index is 12.9. The highest BCUT2D eigenvalue weighted by Gasteiger charge is 2.26. The molecule has 0 aromatic heterocycles. The van der Waals surface area contributed by atoms with Gasteiger partial charge in [0, 0.05) is 11.6 Å². The van der Waals surface area contributed by atoms with Gasteiger partial charge in [-0.15, -0.1) is 0 Å². The predicted molar refractivity (Wildman–Crippen MR) is 45.2 cm³/mol. The number of nitrogens with two attached hydrogens (primary N) is 1. The number of aromatic hydroxyl groups is 1. The number of hydrogen-bond donors (Lipinski definition) is 2. The molecule has 0 spiro atoms. The molecule has 0 aliphatic rings. The number of nitriles is 1. The lowest BCUT2D eigenvalue weighted by Crippen LogP contribution is -2.31. The third kappa shape index (κ3) is 1.65. The summed E-state index contributed by atoms with van der Waals surface area (Å²) >= 11 is 0. The molecular weight excluding hydrogens is 190 g/mol. The van der Waals surface area contributed by atoms with Crippen molar-refractivity contribution in [1.82, 2.24) is 0 Å². The fraction of sp³-hybridized carbons (Fsp3) is 0.222. The van der Waals surface area contributed by atoms with Gasteiger partial charge in [-0.1, -0.05) is 0 Å². The lowest BCUT2D eigenvalue weighted by molar-refractivity contribution is 0.409. The number of phenols is 1. The first-order valence-electron chi connectivity index (χ1n) is 3.77. The number of hydrogen-bond acceptors (Lipinski definition) is 3. The number of halogens is 2. The Bertz CT molecular complexity index is 410. The molecule has 0 bridgehead atoms. The van der Waals surface area contributed by atoms with Crippen LogP contribution in [0.4, 0.5) is 8.78 Å². The van der Waals surface area contributed by atoms with Gasteiger partial charge >= 0.3 is 0 Å². The number of phenolic OH excluding ortho intramolecular Hbond substituents is 1. The molecular formula is C9H8F2N2O. The minimum atomic E-state index is -1.62. The standard InChI is InChI=1S/C9H8F2N2O/c1-9(13,4-12)6-2-5(10)3-7(11)8(6)14/h2-3,14H,13H2,1H3. The number of nitrogens with zero attached hydrogens (tertiary/aromatic N) is 1. The minimum Gasteiger partial charge on any atom is -0.505 e. The van der Waals surface area contributed by atoms with Gasteiger partial charge < -0.3 is 10.8 Å². The number of benzene rings is 1. The molecule has 0 aliphatic carbocycles. The monoisotopic (exact) mass is 198 g/mol. The molecule has 0 saturated carbocycles. The van der Waals surface area contributed by atoms with E-state index < -0.39 is 22.9 Å². The molecule has 0 fully saturated rings. The summed E-state index contributed by atoms with van der Waals surface area (Å²) in [6, 6.07) is 2.99. The van der Waals surface area contributed by atoms with Crippen molar-refractivity contribution in [1.29, 1.82) is 5.26 Å². The normalized spacial score (nSPS) is 14.5. The van der Waals surface area contributed by atoms with Crippen LogP contribution in [-0.4, -0.2) is 5.11 Å². The van der Waals surface area contributed by atoms with Crippen molar-refractivity contribution in [2.45, 2.75) is 12.5 Å². The van der Waals surface area contributed by atoms with Gasteiger partial charge in [0.2, 0.25) is 0 Å². The molecule has 1 aromatic rings. The second-order valence-electron chi connectivity index (χ2n) is 3.10. The Hall–Kier alpha value is -1.67. The molecule has 3 N–H and O–H groups in total. The topological polar surface area (TPSA) is 70.0 Å². The Morgan fingerprint density at radius 3 is 2.57 bits per heavy atom. The largest absolute Gasteiger partial charge is 0.505 e. The van der Waals surface area contributed by atoms with Crippen LogP contribution in [0.3, 0.4) is 0 Å². The van der Waals surface area contributed by atoms with Crippen LogP contribution in [0.25, 0.3) is 0 Å². The van der Waals surface area contributed by atoms with Crippen molar-refractivity contribution < 1.29 is 13.9 Å². The van der Waals surface area contributed by atoms with Crippen LogP contribution in [-0.2, 0) is 5.54 Å². The van der Waals surface area contributed by atoms with Crippen LogP contribution in [0.2, 0.25) is 0 Å². The van der Waals surface area contributed by atoms with Crippen molar-refractivity contribution in [3.63, 3.8) is 0 Å². The molecule has 1 atom stereocenters. The van der Waals surface area contributed by atoms with Gasteiger partial charge in [-0.2, -0.15) is 5.26 Å². The van der Waals surface area contributed by atoms with Gasteiger partial charge in [-0.3, -0.25) is 0 Å². The van der Waals surface area contributed by atoms with E-state index in [-0.39, 0.29) is 5.56 Å². The second-order valence-corrected chi connectivity index (χ2v) is 3.10. The van der Waals surface area contributed by atoms with Crippen molar-refractivity contribution in [3.8, 4) is 11.8 Å². The van der Waals surface area contributed by atoms with Crippen LogP contribution in [0.1, 0.15) is 12.5 Å². The maximum Gasteiger partial charge on any atom is 0.168 e. The summed E-state index contributed by atoms with van der Waals surface area (Å²) < 4.78 is 25.6. The van der Waals surface area contributed by atoms with Crippen molar-refractivity contribution in [2.75, 3.05) is 0 Å². The zero-order valence-electron chi connectivity index (χ0n) is 7.38. The molecule has 0 amide bonds. The van der Waals surface area contributed by atoms with E-state index in [2.05, 4.69) is 0 Å². The first-order valence-corrected chi connectivity index (χ1v) is 3.77. The summed E-state index contributed by atoms with van der Waals surface area (Å²) in [4.78, 5) is 0. The minimum absolute atomic E-state index is 0.266. The summed E-state index contributed by atoms with van der Waals surface area (Å²) in [5, 5.41) is 17.8. The van der Waals surface area contributed by atoms with Crippen LogP contribution in [0.5, 0.6) is 5.75 Å². The Morgan fingerprint density at radius 2 is 2.07 bits per heavy atom. The molecule has 1 aromatic carbocycles. The highest BCUT2D eigenvalue weighted by atomic mass is 19.1. The van der Waals surface area contributed by atoms with Crippen molar-refractivity contribution in [2.24, 2.45) is 5.73 Å². The second kappa shape index (κ2) is 3.24. The molecule has 74 valence electrons. The SMILES string of the molecule is CC(N)(C#N)c1cc(F)cc(F)c1O. The van der Waals surface area contributed by atoms with Gasteiger partial charge in [0.05, 0.1) is 6.07 Å². The maximum atomic E-state index is 12.9. The average Bonchev–Trinajstić information content (AvgIpc) is 2.11. The Kier molecular flexibility index (Phi) is 2.41. The number of rotatable bonds is 1. The van der Waals surface area contributed by atoms with Gasteiger partial charge in [0.15, 0.2) is 11.6 Å². The van der Waals surface area contributed by atoms with Crippen LogP contribution < -0.4 is 5.73 Å². The fourth-order valence-electron chi connectivity index (χ4n) is 1.02. The lowest BCUT2D eigenvalue weighted by atomic mass is 9.94. The fourth-order valence-corrected chi connectivity index (χ4v) is 1.02. The van der Waals surface area contributed by atoms with Gasteiger partial charge in [0.25, 0.3) is 0 Å². The van der Waals surface area contributed by atoms with E-state index in [0.29, 0.717) is 6.07 Å². The zero-order chi connectivity index (χ0) is 10.9. The van der Waals surface area contributed by atoms with E-state index in [0.717, 1.165) is 6.07 Å². The first kappa shape index (κ1) is 10.4. The smallest absolute Gasteiger partial charge is 0.168 e. The van der Waals surface area contributed by atoms with Gasteiger partial charge in [0.1, 0.15) is 11.4 Å². The molecule has 0 aliphatic heterocycles. The molecule has 5 heteroatoms. The quantitative estimate of drug-likeness (QED) is 0.715. The molecule has 14 heavy (non-hydrogen) atoms. The molecule has 1 rings (SSSR count). The molecule has 0 radical (unpaired) electrons. The first-order chi connectivity index (χ1) is 6.38. The predicted octanol–water partition coefficient (Wildman–Crippen LogP) is 1.37. The summed E-state index contributed by atoms with van der Waals surface area (Å²) in [7, 11) is 0. The van der Waals surface area contributed by atoms with Crippen LogP contribution >= 0.6 is 0 Å². The van der Waals surface area contributed by atoms with E-state index in [4.69, 9.17) is 11.0 Å². The van der Waals surface area contributed by atoms with E-state index in [1.165, 1.54) is 6.92 Å². The van der Waals surface area contributed by atoms with E-state index in [1.807, 2.05) is 0 Å². The Labute approximate surface area is 79.4 Å². The van der Waals surface area contributed by atoms with Gasteiger partial charge in [-0.05, 0) is 13.0 Å². The van der Waals surface area contributed by atoms with E-state index in [9.17, 15) is 13.9 Å². The van der Waals surface area contributed by atoms with E-state index in [1.54, 1.807) is 6.07 Å². The van der Waals surface area contributed by atoms with Crippen molar-refractivity contribution in [3.05, 3.63) is 29.3 Å². The lowest BCUT2D eigenvalue weighted by Gasteiger charge is -2.17. The summed E-state index contributed by atoms with van der Waals surface area (Å²) in [5.41, 5.74) is 3.54. The average molecular weight is 198 g/mol. The van der Waals surface area contributed by atoms with Crippen molar-refractivity contribution >= 4 is 0 Å². The van der Waals surface area contributed by atoms with E-state index >= 15 is 0 Å². The third-order valence-corrected chi connectivity index (χ3v) is 1.82. The third-order valence-electron chi connectivity index (χ3n) is 1.82. The summed E-state index contributed by atoms with van der Waals surface area (Å²) in [5.74, 6) is -2.81. The molecule has 3 nitrogen and oxygen atoms in total. The van der Waals surface area contributed by atoms with Gasteiger partial charge in [-0.25, -0.2) is 8.78 Å². The molecule has 0 heterocycles. The highest BCUT2D eigenvalue weighted by Crippen LogP contribution is 2.30.